The third-order valence-electron chi connectivity index (χ3n) is 3.09. The maximum Gasteiger partial charge on any atom is 0.393 e. The number of urea groups is 1. The van der Waals surface area contributed by atoms with Crippen LogP contribution in [0.4, 0.5) is 18.0 Å². The molecule has 104 valence electrons. The van der Waals surface area contributed by atoms with Crippen LogP contribution in [0.3, 0.4) is 0 Å². The number of hydrogen-bond donors (Lipinski definition) is 2. The fraction of sp³-hybridized carbons (Fsp3) is 0.800. The predicted molar refractivity (Wildman–Crippen MR) is 57.5 cm³/mol. The molecule has 1 heterocycles. The van der Waals surface area contributed by atoms with Gasteiger partial charge in [0, 0.05) is 6.54 Å². The number of rotatable bonds is 2. The Morgan fingerprint density at radius 2 is 2.06 bits per heavy atom. The summed E-state index contributed by atoms with van der Waals surface area (Å²) in [4.78, 5) is 23.4. The Balaban J connectivity index is 2.61. The number of likely N-dealkylation sites (tertiary alicyclic amines) is 1. The minimum atomic E-state index is -4.25. The fourth-order valence-electron chi connectivity index (χ4n) is 2.02. The Kier molecular flexibility index (Phi) is 4.55. The summed E-state index contributed by atoms with van der Waals surface area (Å²) in [5, 5.41) is 1.87. The number of piperidine rings is 1. The quantitative estimate of drug-likeness (QED) is 0.778. The van der Waals surface area contributed by atoms with Crippen molar-refractivity contribution in [1.29, 1.82) is 0 Å². The molecule has 0 aromatic carbocycles. The number of halogens is 3. The molecule has 8 heteroatoms. The maximum absolute atomic E-state index is 12.6. The van der Waals surface area contributed by atoms with E-state index in [0.717, 1.165) is 0 Å². The largest absolute Gasteiger partial charge is 0.393 e. The van der Waals surface area contributed by atoms with E-state index in [2.05, 4.69) is 0 Å². The van der Waals surface area contributed by atoms with Crippen molar-refractivity contribution in [2.45, 2.75) is 32.0 Å². The van der Waals surface area contributed by atoms with Gasteiger partial charge in [-0.3, -0.25) is 15.0 Å². The molecule has 1 rings (SSSR count). The number of primary amides is 1. The fourth-order valence-corrected chi connectivity index (χ4v) is 2.02. The van der Waals surface area contributed by atoms with Gasteiger partial charge in [0.2, 0.25) is 5.91 Å². The summed E-state index contributed by atoms with van der Waals surface area (Å²) in [6, 6.07) is -1.81. The molecule has 18 heavy (non-hydrogen) atoms. The first-order valence-electron chi connectivity index (χ1n) is 5.63. The lowest BCUT2D eigenvalue weighted by atomic mass is 9.96. The van der Waals surface area contributed by atoms with Crippen LogP contribution in [-0.2, 0) is 4.79 Å². The van der Waals surface area contributed by atoms with Crippen molar-refractivity contribution in [3.05, 3.63) is 0 Å². The summed E-state index contributed by atoms with van der Waals surface area (Å²) in [5.74, 6) is -2.10. The number of amides is 3. The number of nitrogens with one attached hydrogen (secondary N) is 1. The standard InChI is InChI=1S/C10H16F3N3O2/c1-6(8(17)15-9(14)18)16-4-2-3-7(5-16)10(11,12)13/h6-7H,2-5H2,1H3,(H3,14,15,17,18)/t6-,7-/m1/s1. The molecule has 1 fully saturated rings. The Labute approximate surface area is 102 Å². The Morgan fingerprint density at radius 3 is 2.56 bits per heavy atom. The molecule has 0 bridgehead atoms. The van der Waals surface area contributed by atoms with Crippen molar-refractivity contribution in [3.8, 4) is 0 Å². The first-order chi connectivity index (χ1) is 8.21. The molecule has 3 amide bonds. The van der Waals surface area contributed by atoms with Gasteiger partial charge in [-0.1, -0.05) is 0 Å². The third-order valence-corrected chi connectivity index (χ3v) is 3.09. The zero-order valence-corrected chi connectivity index (χ0v) is 9.96. The first-order valence-corrected chi connectivity index (χ1v) is 5.63. The van der Waals surface area contributed by atoms with E-state index in [1.165, 1.54) is 11.8 Å². The SMILES string of the molecule is C[C@H](C(=O)NC(N)=O)N1CCC[C@@H](C(F)(F)F)C1. The number of nitrogens with zero attached hydrogens (tertiary/aromatic N) is 1. The molecule has 1 saturated heterocycles. The van der Waals surface area contributed by atoms with E-state index in [4.69, 9.17) is 5.73 Å². The molecule has 0 unspecified atom stereocenters. The minimum Gasteiger partial charge on any atom is -0.351 e. The van der Waals surface area contributed by atoms with Gasteiger partial charge in [-0.2, -0.15) is 13.2 Å². The van der Waals surface area contributed by atoms with Crippen molar-refractivity contribution in [3.63, 3.8) is 0 Å². The summed E-state index contributed by atoms with van der Waals surface area (Å²) in [6.07, 6.45) is -3.80. The molecule has 2 atom stereocenters. The highest BCUT2D eigenvalue weighted by Crippen LogP contribution is 2.33. The average Bonchev–Trinajstić information content (AvgIpc) is 2.26. The summed E-state index contributed by atoms with van der Waals surface area (Å²) < 4.78 is 37.8. The second-order valence-corrected chi connectivity index (χ2v) is 4.41. The van der Waals surface area contributed by atoms with Crippen molar-refractivity contribution in [2.24, 2.45) is 11.7 Å². The zero-order chi connectivity index (χ0) is 13.9. The third kappa shape index (κ3) is 3.86. The highest BCUT2D eigenvalue weighted by atomic mass is 19.4. The smallest absolute Gasteiger partial charge is 0.351 e. The van der Waals surface area contributed by atoms with Gasteiger partial charge in [0.25, 0.3) is 0 Å². The van der Waals surface area contributed by atoms with Crippen LogP contribution in [0.15, 0.2) is 0 Å². The molecular formula is C10H16F3N3O2. The number of alkyl halides is 3. The van der Waals surface area contributed by atoms with Gasteiger partial charge in [-0.05, 0) is 26.3 Å². The molecule has 0 aliphatic carbocycles. The van der Waals surface area contributed by atoms with Crippen molar-refractivity contribution < 1.29 is 22.8 Å². The van der Waals surface area contributed by atoms with Crippen LogP contribution < -0.4 is 11.1 Å². The number of carbonyl (C=O) groups excluding carboxylic acids is 2. The number of imide groups is 1. The Hall–Kier alpha value is -1.31. The Bertz CT molecular complexity index is 333. The van der Waals surface area contributed by atoms with Gasteiger partial charge < -0.3 is 5.73 Å². The molecule has 3 N–H and O–H groups in total. The van der Waals surface area contributed by atoms with Crippen LogP contribution in [0.5, 0.6) is 0 Å². The molecule has 1 aliphatic rings. The number of nitrogens with two attached hydrogens (primary N) is 1. The molecule has 1 aliphatic heterocycles. The molecular weight excluding hydrogens is 251 g/mol. The van der Waals surface area contributed by atoms with Gasteiger partial charge in [-0.25, -0.2) is 4.79 Å². The molecule has 0 radical (unpaired) electrons. The van der Waals surface area contributed by atoms with E-state index in [1.807, 2.05) is 5.32 Å². The van der Waals surface area contributed by atoms with Gasteiger partial charge in [-0.15, -0.1) is 0 Å². The average molecular weight is 267 g/mol. The topological polar surface area (TPSA) is 75.4 Å². The lowest BCUT2D eigenvalue weighted by molar-refractivity contribution is -0.188. The van der Waals surface area contributed by atoms with Crippen LogP contribution in [0.2, 0.25) is 0 Å². The zero-order valence-electron chi connectivity index (χ0n) is 9.96. The van der Waals surface area contributed by atoms with Crippen LogP contribution in [0.1, 0.15) is 19.8 Å². The lowest BCUT2D eigenvalue weighted by Crippen LogP contribution is -2.52. The van der Waals surface area contributed by atoms with E-state index in [0.29, 0.717) is 13.0 Å². The minimum absolute atomic E-state index is 0.0736. The van der Waals surface area contributed by atoms with Crippen molar-refractivity contribution in [2.75, 3.05) is 13.1 Å². The summed E-state index contributed by atoms with van der Waals surface area (Å²) >= 11 is 0. The van der Waals surface area contributed by atoms with E-state index in [-0.39, 0.29) is 13.0 Å². The highest BCUT2D eigenvalue weighted by molar-refractivity contribution is 5.96. The molecule has 0 spiro atoms. The summed E-state index contributed by atoms with van der Waals surface area (Å²) in [6.45, 7) is 1.63. The van der Waals surface area contributed by atoms with Gasteiger partial charge in [0.15, 0.2) is 0 Å². The number of hydrogen-bond acceptors (Lipinski definition) is 3. The lowest BCUT2D eigenvalue weighted by Gasteiger charge is -2.36. The van der Waals surface area contributed by atoms with Crippen LogP contribution in [0.25, 0.3) is 0 Å². The van der Waals surface area contributed by atoms with Crippen LogP contribution in [0, 0.1) is 5.92 Å². The molecule has 0 aromatic heterocycles. The van der Waals surface area contributed by atoms with Crippen molar-refractivity contribution in [1.82, 2.24) is 10.2 Å². The van der Waals surface area contributed by atoms with Crippen LogP contribution >= 0.6 is 0 Å². The molecule has 5 nitrogen and oxygen atoms in total. The summed E-state index contributed by atoms with van der Waals surface area (Å²) in [7, 11) is 0. The van der Waals surface area contributed by atoms with Gasteiger partial charge in [0.05, 0.1) is 12.0 Å². The summed E-state index contributed by atoms with van der Waals surface area (Å²) in [5.41, 5.74) is 4.79. The monoisotopic (exact) mass is 267 g/mol. The molecule has 0 aromatic rings. The maximum atomic E-state index is 12.6. The van der Waals surface area contributed by atoms with Crippen LogP contribution in [-0.4, -0.2) is 42.1 Å². The first kappa shape index (κ1) is 14.7. The number of carbonyl (C=O) groups is 2. The van der Waals surface area contributed by atoms with Crippen molar-refractivity contribution >= 4 is 11.9 Å². The van der Waals surface area contributed by atoms with Gasteiger partial charge in [0.1, 0.15) is 0 Å². The predicted octanol–water partition coefficient (Wildman–Crippen LogP) is 0.844. The van der Waals surface area contributed by atoms with Gasteiger partial charge >= 0.3 is 12.2 Å². The normalized spacial score (nSPS) is 23.4. The second kappa shape index (κ2) is 5.55. The molecule has 0 saturated carbocycles. The highest BCUT2D eigenvalue weighted by Gasteiger charge is 2.43. The Morgan fingerprint density at radius 1 is 1.44 bits per heavy atom. The van der Waals surface area contributed by atoms with E-state index >= 15 is 0 Å². The van der Waals surface area contributed by atoms with E-state index < -0.39 is 30.1 Å². The second-order valence-electron chi connectivity index (χ2n) is 4.41. The van der Waals surface area contributed by atoms with E-state index in [9.17, 15) is 22.8 Å². The van der Waals surface area contributed by atoms with E-state index in [1.54, 1.807) is 0 Å².